The molecule has 1 aromatic carbocycles. The molecule has 0 aliphatic carbocycles. The van der Waals surface area contributed by atoms with Gasteiger partial charge in [-0.1, -0.05) is 55.5 Å². The monoisotopic (exact) mass is 399 g/mol. The van der Waals surface area contributed by atoms with Crippen molar-refractivity contribution in [3.63, 3.8) is 0 Å². The van der Waals surface area contributed by atoms with Gasteiger partial charge in [-0.2, -0.15) is 0 Å². The van der Waals surface area contributed by atoms with E-state index in [0.717, 1.165) is 0 Å². The smallest absolute Gasteiger partial charge is 0.273 e. The molecule has 0 aliphatic rings. The third-order valence-electron chi connectivity index (χ3n) is 3.05. The van der Waals surface area contributed by atoms with Crippen LogP contribution in [0.4, 0.5) is 0 Å². The van der Waals surface area contributed by atoms with E-state index >= 15 is 0 Å². The van der Waals surface area contributed by atoms with Crippen LogP contribution >= 0.6 is 22.6 Å². The number of para-hydroxylation sites is 1. The van der Waals surface area contributed by atoms with Crippen molar-refractivity contribution < 1.29 is 4.79 Å². The average Bonchev–Trinajstić information content (AvgIpc) is 2.40. The van der Waals surface area contributed by atoms with Gasteiger partial charge in [0.25, 0.3) is 5.56 Å². The molecule has 2 aromatic rings. The summed E-state index contributed by atoms with van der Waals surface area (Å²) in [6.45, 7) is 7.33. The minimum atomic E-state index is -0.586. The topological polar surface area (TPSA) is 64.0 Å². The predicted molar refractivity (Wildman–Crippen MR) is 92.3 cm³/mol. The maximum Gasteiger partial charge on any atom is 0.280 e. The van der Waals surface area contributed by atoms with Crippen LogP contribution in [0.5, 0.6) is 0 Å². The van der Waals surface area contributed by atoms with Gasteiger partial charge in [0.15, 0.2) is 0 Å². The molecule has 1 aromatic heterocycles. The highest BCUT2D eigenvalue weighted by atomic mass is 127. The number of nitrogens with zero attached hydrogens (tertiary/aromatic N) is 2. The molecule has 1 amide bonds. The van der Waals surface area contributed by atoms with Crippen LogP contribution in [0.1, 0.15) is 37.4 Å². The van der Waals surface area contributed by atoms with Gasteiger partial charge in [-0.3, -0.25) is 15.0 Å². The number of halogens is 1. The highest BCUT2D eigenvalue weighted by Gasteiger charge is 2.24. The summed E-state index contributed by atoms with van der Waals surface area (Å²) in [5.41, 5.74) is 2.49. The van der Waals surface area contributed by atoms with E-state index in [2.05, 4.69) is 33.0 Å². The molecule has 112 valence electrons. The Balaban J connectivity index is 2.66. The van der Waals surface area contributed by atoms with Crippen LogP contribution in [0.25, 0.3) is 10.9 Å². The zero-order valence-corrected chi connectivity index (χ0v) is 14.6. The fourth-order valence-electron chi connectivity index (χ4n) is 1.79. The number of hydrogen-bond donors (Lipinski definition) is 1. The lowest BCUT2D eigenvalue weighted by Gasteiger charge is -2.21. The summed E-state index contributed by atoms with van der Waals surface area (Å²) in [6, 6.07) is 7.14. The van der Waals surface area contributed by atoms with Crippen molar-refractivity contribution in [2.24, 2.45) is 5.41 Å². The van der Waals surface area contributed by atoms with Crippen molar-refractivity contribution in [2.45, 2.75) is 31.6 Å². The van der Waals surface area contributed by atoms with Gasteiger partial charge in [0.05, 0.1) is 14.8 Å². The second kappa shape index (κ2) is 5.75. The van der Waals surface area contributed by atoms with Gasteiger partial charge in [0.1, 0.15) is 5.82 Å². The van der Waals surface area contributed by atoms with Crippen LogP contribution in [-0.2, 0) is 4.79 Å². The lowest BCUT2D eigenvalue weighted by molar-refractivity contribution is -0.124. The Morgan fingerprint density at radius 3 is 2.52 bits per heavy atom. The summed E-state index contributed by atoms with van der Waals surface area (Å²) >= 11 is 2.18. The lowest BCUT2D eigenvalue weighted by Crippen LogP contribution is -2.41. The third kappa shape index (κ3) is 3.25. The molecule has 0 aliphatic heterocycles. The number of fused-ring (bicyclic) bond motifs is 1. The van der Waals surface area contributed by atoms with E-state index in [0.29, 0.717) is 16.7 Å². The van der Waals surface area contributed by atoms with E-state index in [1.165, 1.54) is 4.68 Å². The van der Waals surface area contributed by atoms with Crippen LogP contribution in [0.3, 0.4) is 0 Å². The summed E-state index contributed by atoms with van der Waals surface area (Å²) in [7, 11) is 0. The number of hydrogen-bond acceptors (Lipinski definition) is 3. The molecule has 0 saturated heterocycles. The second-order valence-electron chi connectivity index (χ2n) is 5.93. The number of rotatable bonds is 2. The molecular formula is C15H18IN3O2. The van der Waals surface area contributed by atoms with Crippen LogP contribution in [-0.4, -0.2) is 15.6 Å². The highest BCUT2D eigenvalue weighted by molar-refractivity contribution is 14.1. The number of amides is 1. The first-order valence-corrected chi connectivity index (χ1v) is 7.93. The summed E-state index contributed by atoms with van der Waals surface area (Å²) in [5, 5.41) is 0.493. The molecule has 6 heteroatoms. The third-order valence-corrected chi connectivity index (χ3v) is 3.61. The zero-order chi connectivity index (χ0) is 15.8. The van der Waals surface area contributed by atoms with Gasteiger partial charge in [0.2, 0.25) is 5.91 Å². The average molecular weight is 399 g/mol. The maximum absolute atomic E-state index is 12.6. The summed E-state index contributed by atoms with van der Waals surface area (Å²) in [4.78, 5) is 29.3. The van der Waals surface area contributed by atoms with Crippen molar-refractivity contribution in [1.29, 1.82) is 0 Å². The molecule has 0 fully saturated rings. The molecule has 2 rings (SSSR count). The second-order valence-corrected chi connectivity index (χ2v) is 7.80. The Hall–Kier alpha value is -1.44. The normalized spacial score (nSPS) is 13.2. The Morgan fingerprint density at radius 2 is 1.95 bits per heavy atom. The SMILES string of the molecule is CC(I)c1nc2ccccc2c(=O)n1NC(=O)C(C)(C)C. The minimum absolute atomic E-state index is 0.0137. The number of carbonyl (C=O) groups excluding carboxylic acids is 1. The van der Waals surface area contributed by atoms with E-state index in [1.807, 2.05) is 13.0 Å². The van der Waals surface area contributed by atoms with E-state index in [4.69, 9.17) is 0 Å². The molecule has 1 unspecified atom stereocenters. The largest absolute Gasteiger partial charge is 0.280 e. The Morgan fingerprint density at radius 1 is 1.33 bits per heavy atom. The van der Waals surface area contributed by atoms with E-state index in [9.17, 15) is 9.59 Å². The molecular weight excluding hydrogens is 381 g/mol. The van der Waals surface area contributed by atoms with Crippen molar-refractivity contribution in [3.8, 4) is 0 Å². The van der Waals surface area contributed by atoms with Crippen LogP contribution < -0.4 is 11.0 Å². The molecule has 5 nitrogen and oxygen atoms in total. The minimum Gasteiger partial charge on any atom is -0.273 e. The lowest BCUT2D eigenvalue weighted by atomic mass is 9.96. The first kappa shape index (κ1) is 15.9. The van der Waals surface area contributed by atoms with Crippen molar-refractivity contribution >= 4 is 39.4 Å². The quantitative estimate of drug-likeness (QED) is 0.624. The van der Waals surface area contributed by atoms with E-state index in [1.54, 1.807) is 39.0 Å². The molecule has 21 heavy (non-hydrogen) atoms. The van der Waals surface area contributed by atoms with Gasteiger partial charge in [0, 0.05) is 5.41 Å². The molecule has 0 bridgehead atoms. The number of benzene rings is 1. The Kier molecular flexibility index (Phi) is 4.36. The van der Waals surface area contributed by atoms with Crippen LogP contribution in [0, 0.1) is 5.41 Å². The molecule has 1 atom stereocenters. The fraction of sp³-hybridized carbons (Fsp3) is 0.400. The first-order chi connectivity index (χ1) is 9.71. The van der Waals surface area contributed by atoms with Gasteiger partial charge < -0.3 is 0 Å². The number of nitrogens with one attached hydrogen (secondary N) is 1. The van der Waals surface area contributed by atoms with Gasteiger partial charge in [-0.05, 0) is 19.1 Å². The summed E-state index contributed by atoms with van der Waals surface area (Å²) in [6.07, 6.45) is 0. The van der Waals surface area contributed by atoms with Crippen LogP contribution in [0.2, 0.25) is 0 Å². The van der Waals surface area contributed by atoms with Crippen molar-refractivity contribution in [1.82, 2.24) is 9.66 Å². The number of alkyl halides is 1. The molecule has 0 spiro atoms. The Bertz CT molecular complexity index is 745. The zero-order valence-electron chi connectivity index (χ0n) is 12.5. The maximum atomic E-state index is 12.6. The van der Waals surface area contributed by atoms with Crippen molar-refractivity contribution in [2.75, 3.05) is 5.43 Å². The molecule has 0 radical (unpaired) electrons. The number of carbonyl (C=O) groups is 1. The van der Waals surface area contributed by atoms with Gasteiger partial charge in [-0.25, -0.2) is 9.66 Å². The van der Waals surface area contributed by atoms with E-state index in [-0.39, 0.29) is 15.4 Å². The molecule has 1 heterocycles. The predicted octanol–water partition coefficient (Wildman–Crippen LogP) is 3.01. The van der Waals surface area contributed by atoms with Crippen LogP contribution in [0.15, 0.2) is 29.1 Å². The number of aromatic nitrogens is 2. The summed E-state index contributed by atoms with van der Waals surface area (Å²) in [5.74, 6) is 0.317. The fourth-order valence-corrected chi connectivity index (χ4v) is 2.21. The molecule has 1 N–H and O–H groups in total. The standard InChI is InChI=1S/C15H18IN3O2/c1-9(16)12-17-11-8-6-5-7-10(11)13(20)19(12)18-14(21)15(2,3)4/h5-9H,1-4H3,(H,18,21). The summed E-state index contributed by atoms with van der Waals surface area (Å²) < 4.78 is 1.26. The van der Waals surface area contributed by atoms with E-state index < -0.39 is 5.41 Å². The highest BCUT2D eigenvalue weighted by Crippen LogP contribution is 2.21. The first-order valence-electron chi connectivity index (χ1n) is 6.69. The van der Waals surface area contributed by atoms with Gasteiger partial charge >= 0.3 is 0 Å². The Labute approximate surface area is 136 Å². The molecule has 0 saturated carbocycles. The van der Waals surface area contributed by atoms with Crippen molar-refractivity contribution in [3.05, 3.63) is 40.4 Å². The van der Waals surface area contributed by atoms with Gasteiger partial charge in [-0.15, -0.1) is 0 Å².